The normalized spacial score (nSPS) is 15.7. The number of hydrogen-bond acceptors (Lipinski definition) is 5. The van der Waals surface area contributed by atoms with Crippen molar-refractivity contribution >= 4 is 29.0 Å². The zero-order chi connectivity index (χ0) is 19.4. The van der Waals surface area contributed by atoms with Crippen LogP contribution in [0.1, 0.15) is 28.4 Å². The maximum Gasteiger partial charge on any atom is 0.252 e. The van der Waals surface area contributed by atoms with Crippen LogP contribution in [0.4, 0.5) is 11.5 Å². The van der Waals surface area contributed by atoms with E-state index in [4.69, 9.17) is 17.3 Å². The van der Waals surface area contributed by atoms with Gasteiger partial charge >= 0.3 is 0 Å². The summed E-state index contributed by atoms with van der Waals surface area (Å²) >= 11 is 6.20. The quantitative estimate of drug-likeness (QED) is 0.745. The van der Waals surface area contributed by atoms with Crippen LogP contribution in [-0.4, -0.2) is 53.9 Å². The third-order valence-corrected chi connectivity index (χ3v) is 5.24. The second-order valence-electron chi connectivity index (χ2n) is 6.95. The smallest absolute Gasteiger partial charge is 0.252 e. The Morgan fingerprint density at radius 1 is 1.22 bits per heavy atom. The molecular formula is C20H26ClN5O. The molecule has 1 aliphatic rings. The number of halogens is 1. The number of piperazine rings is 1. The van der Waals surface area contributed by atoms with Crippen molar-refractivity contribution in [2.24, 2.45) is 5.73 Å². The molecule has 0 unspecified atom stereocenters. The van der Waals surface area contributed by atoms with Crippen LogP contribution in [-0.2, 0) is 13.0 Å². The van der Waals surface area contributed by atoms with Gasteiger partial charge in [0.25, 0.3) is 5.91 Å². The molecule has 2 aromatic rings. The van der Waals surface area contributed by atoms with Gasteiger partial charge in [-0.15, -0.1) is 0 Å². The van der Waals surface area contributed by atoms with E-state index >= 15 is 0 Å². The molecule has 0 radical (unpaired) electrons. The Hall–Kier alpha value is -2.15. The summed E-state index contributed by atoms with van der Waals surface area (Å²) < 4.78 is 0. The molecule has 1 amide bonds. The molecule has 144 valence electrons. The van der Waals surface area contributed by atoms with Crippen molar-refractivity contribution in [3.8, 4) is 0 Å². The third-order valence-electron chi connectivity index (χ3n) is 4.91. The van der Waals surface area contributed by atoms with Gasteiger partial charge < -0.3 is 16.0 Å². The van der Waals surface area contributed by atoms with Gasteiger partial charge in [-0.2, -0.15) is 0 Å². The highest BCUT2D eigenvalue weighted by molar-refractivity contribution is 6.30. The van der Waals surface area contributed by atoms with Crippen LogP contribution in [0.2, 0.25) is 5.15 Å². The minimum Gasteiger partial charge on any atom is -0.365 e. The molecule has 1 fully saturated rings. The van der Waals surface area contributed by atoms with Crippen LogP contribution in [0.15, 0.2) is 30.3 Å². The largest absolute Gasteiger partial charge is 0.365 e. The highest BCUT2D eigenvalue weighted by Crippen LogP contribution is 2.25. The molecule has 0 bridgehead atoms. The SMILES string of the molecule is CCc1cc(C(N)=O)c(Nc2ccc(CN3CCN(C)CC3)cc2)nc1Cl. The van der Waals surface area contributed by atoms with E-state index in [-0.39, 0.29) is 0 Å². The van der Waals surface area contributed by atoms with Gasteiger partial charge in [-0.25, -0.2) is 4.98 Å². The summed E-state index contributed by atoms with van der Waals surface area (Å²) in [6.45, 7) is 7.29. The number of carbonyl (C=O) groups is 1. The number of aryl methyl sites for hydroxylation is 1. The lowest BCUT2D eigenvalue weighted by molar-refractivity contribution is 0.100. The van der Waals surface area contributed by atoms with Gasteiger partial charge in [0.15, 0.2) is 0 Å². The molecular weight excluding hydrogens is 362 g/mol. The summed E-state index contributed by atoms with van der Waals surface area (Å²) in [6.07, 6.45) is 0.688. The average molecular weight is 388 g/mol. The number of nitrogens with zero attached hydrogens (tertiary/aromatic N) is 3. The van der Waals surface area contributed by atoms with E-state index < -0.39 is 5.91 Å². The van der Waals surface area contributed by atoms with Gasteiger partial charge in [-0.3, -0.25) is 9.69 Å². The number of anilines is 2. The van der Waals surface area contributed by atoms with E-state index in [2.05, 4.69) is 39.3 Å². The maximum atomic E-state index is 11.8. The summed E-state index contributed by atoms with van der Waals surface area (Å²) in [6, 6.07) is 9.86. The van der Waals surface area contributed by atoms with Crippen LogP contribution in [0.5, 0.6) is 0 Å². The summed E-state index contributed by atoms with van der Waals surface area (Å²) in [5.41, 5.74) is 8.76. The number of hydrogen-bond donors (Lipinski definition) is 2. The molecule has 2 heterocycles. The fraction of sp³-hybridized carbons (Fsp3) is 0.400. The van der Waals surface area contributed by atoms with Crippen molar-refractivity contribution in [3.63, 3.8) is 0 Å². The van der Waals surface area contributed by atoms with Crippen LogP contribution < -0.4 is 11.1 Å². The van der Waals surface area contributed by atoms with E-state index in [9.17, 15) is 4.79 Å². The van der Waals surface area contributed by atoms with Crippen molar-refractivity contribution in [2.45, 2.75) is 19.9 Å². The fourth-order valence-electron chi connectivity index (χ4n) is 3.16. The van der Waals surface area contributed by atoms with Crippen molar-refractivity contribution in [3.05, 3.63) is 52.2 Å². The van der Waals surface area contributed by atoms with Gasteiger partial charge in [-0.05, 0) is 42.8 Å². The fourth-order valence-corrected chi connectivity index (χ4v) is 3.43. The summed E-state index contributed by atoms with van der Waals surface area (Å²) in [5.74, 6) is -0.139. The number of aromatic nitrogens is 1. The number of carbonyl (C=O) groups excluding carboxylic acids is 1. The van der Waals surface area contributed by atoms with E-state index in [1.165, 1.54) is 5.56 Å². The zero-order valence-electron chi connectivity index (χ0n) is 15.8. The highest BCUT2D eigenvalue weighted by Gasteiger charge is 2.15. The van der Waals surface area contributed by atoms with Crippen LogP contribution in [0.25, 0.3) is 0 Å². The molecule has 6 nitrogen and oxygen atoms in total. The Bertz CT molecular complexity index is 801. The summed E-state index contributed by atoms with van der Waals surface area (Å²) in [4.78, 5) is 20.9. The predicted molar refractivity (Wildman–Crippen MR) is 110 cm³/mol. The van der Waals surface area contributed by atoms with Crippen molar-refractivity contribution < 1.29 is 4.79 Å². The number of pyridine rings is 1. The minimum absolute atomic E-state index is 0.345. The Morgan fingerprint density at radius 3 is 2.48 bits per heavy atom. The number of amides is 1. The van der Waals surface area contributed by atoms with Gasteiger partial charge in [0.05, 0.1) is 5.56 Å². The van der Waals surface area contributed by atoms with Crippen molar-refractivity contribution in [1.82, 2.24) is 14.8 Å². The number of likely N-dealkylation sites (N-methyl/N-ethyl adjacent to an activating group) is 1. The molecule has 1 aromatic heterocycles. The molecule has 7 heteroatoms. The van der Waals surface area contributed by atoms with Crippen molar-refractivity contribution in [2.75, 3.05) is 38.5 Å². The minimum atomic E-state index is -0.525. The topological polar surface area (TPSA) is 74.5 Å². The third kappa shape index (κ3) is 4.97. The van der Waals surface area contributed by atoms with Gasteiger partial charge in [-0.1, -0.05) is 30.7 Å². The lowest BCUT2D eigenvalue weighted by Gasteiger charge is -2.32. The lowest BCUT2D eigenvalue weighted by Crippen LogP contribution is -2.43. The first-order chi connectivity index (χ1) is 13.0. The summed E-state index contributed by atoms with van der Waals surface area (Å²) in [5, 5.41) is 3.55. The lowest BCUT2D eigenvalue weighted by atomic mass is 10.1. The van der Waals surface area contributed by atoms with Gasteiger partial charge in [0.1, 0.15) is 11.0 Å². The second kappa shape index (κ2) is 8.69. The molecule has 0 atom stereocenters. The maximum absolute atomic E-state index is 11.8. The first-order valence-electron chi connectivity index (χ1n) is 9.22. The first-order valence-corrected chi connectivity index (χ1v) is 9.60. The van der Waals surface area contributed by atoms with Crippen molar-refractivity contribution in [1.29, 1.82) is 0 Å². The van der Waals surface area contributed by atoms with Crippen LogP contribution in [0.3, 0.4) is 0 Å². The predicted octanol–water partition coefficient (Wildman–Crippen LogP) is 2.89. The molecule has 1 aliphatic heterocycles. The zero-order valence-corrected chi connectivity index (χ0v) is 16.6. The first kappa shape index (κ1) is 19.6. The van der Waals surface area contributed by atoms with E-state index in [0.29, 0.717) is 23.0 Å². The van der Waals surface area contributed by atoms with E-state index in [1.807, 2.05) is 19.1 Å². The molecule has 0 spiro atoms. The monoisotopic (exact) mass is 387 g/mol. The van der Waals surface area contributed by atoms with Gasteiger partial charge in [0, 0.05) is 38.4 Å². The number of nitrogens with two attached hydrogens (primary N) is 1. The molecule has 1 aromatic carbocycles. The number of rotatable bonds is 6. The average Bonchev–Trinajstić information content (AvgIpc) is 2.65. The molecule has 1 saturated heterocycles. The number of benzene rings is 1. The number of nitrogens with one attached hydrogen (secondary N) is 1. The Labute approximate surface area is 165 Å². The van der Waals surface area contributed by atoms with Gasteiger partial charge in [0.2, 0.25) is 0 Å². The Kier molecular flexibility index (Phi) is 6.31. The van der Waals surface area contributed by atoms with Crippen LogP contribution >= 0.6 is 11.6 Å². The molecule has 3 N–H and O–H groups in total. The molecule has 0 saturated carbocycles. The van der Waals surface area contributed by atoms with E-state index in [0.717, 1.165) is 44.0 Å². The van der Waals surface area contributed by atoms with Crippen LogP contribution in [0, 0.1) is 0 Å². The summed E-state index contributed by atoms with van der Waals surface area (Å²) in [7, 11) is 2.16. The highest BCUT2D eigenvalue weighted by atomic mass is 35.5. The Balaban J connectivity index is 1.71. The standard InChI is InChI=1S/C20H26ClN5O/c1-3-15-12-17(19(22)27)20(24-18(15)21)23-16-6-4-14(5-7-16)13-26-10-8-25(2)9-11-26/h4-7,12H,3,8-11,13H2,1-2H3,(H2,22,27)(H,23,24). The molecule has 3 rings (SSSR count). The molecule has 27 heavy (non-hydrogen) atoms. The molecule has 0 aliphatic carbocycles. The van der Waals surface area contributed by atoms with E-state index in [1.54, 1.807) is 6.07 Å². The Morgan fingerprint density at radius 2 is 1.89 bits per heavy atom. The number of primary amides is 1. The second-order valence-corrected chi connectivity index (χ2v) is 7.31.